The molecule has 1 aromatic carbocycles. The molecule has 0 N–H and O–H groups in total. The number of sulfonamides is 1. The van der Waals surface area contributed by atoms with Gasteiger partial charge in [-0.05, 0) is 25.3 Å². The smallest absolute Gasteiger partial charge is 0.276 e. The van der Waals surface area contributed by atoms with Crippen LogP contribution in [0.4, 0.5) is 0 Å². The van der Waals surface area contributed by atoms with Gasteiger partial charge in [0.05, 0.1) is 12.6 Å². The van der Waals surface area contributed by atoms with Crippen LogP contribution < -0.4 is 0 Å². The standard InChI is InChI=1S/C20H23N3O5S/c1-14-9-17(21-28-14)19(24)22-11-16-10-18-20(12-22,27-16)13-23(29(18,25)26)8-7-15-5-3-2-4-6-15/h2-6,9,16,18H,7-8,10-13H2,1H3/t16-,18+,20+/m0/s1. The zero-order valence-corrected chi connectivity index (χ0v) is 17.0. The number of amides is 1. The molecule has 29 heavy (non-hydrogen) atoms. The summed E-state index contributed by atoms with van der Waals surface area (Å²) in [5.74, 6) is 0.325. The molecular weight excluding hydrogens is 394 g/mol. The molecule has 9 heteroatoms. The molecule has 0 unspecified atom stereocenters. The molecule has 3 saturated heterocycles. The van der Waals surface area contributed by atoms with Crippen LogP contribution >= 0.6 is 0 Å². The first kappa shape index (κ1) is 18.8. The maximum Gasteiger partial charge on any atom is 0.276 e. The zero-order valence-electron chi connectivity index (χ0n) is 16.2. The Balaban J connectivity index is 1.36. The van der Waals surface area contributed by atoms with Crippen molar-refractivity contribution in [2.75, 3.05) is 26.2 Å². The maximum atomic E-state index is 13.2. The number of rotatable bonds is 4. The quantitative estimate of drug-likeness (QED) is 0.743. The van der Waals surface area contributed by atoms with Crippen LogP contribution in [-0.2, 0) is 21.2 Å². The lowest BCUT2D eigenvalue weighted by molar-refractivity contribution is -0.0977. The van der Waals surface area contributed by atoms with Crippen LogP contribution in [0, 0.1) is 6.92 Å². The summed E-state index contributed by atoms with van der Waals surface area (Å²) in [6.07, 6.45) is 0.802. The normalized spacial score (nSPS) is 30.4. The summed E-state index contributed by atoms with van der Waals surface area (Å²) in [5.41, 5.74) is 0.476. The van der Waals surface area contributed by atoms with Gasteiger partial charge in [-0.2, -0.15) is 4.31 Å². The summed E-state index contributed by atoms with van der Waals surface area (Å²) in [4.78, 5) is 14.5. The van der Waals surface area contributed by atoms with E-state index in [1.807, 2.05) is 30.3 Å². The van der Waals surface area contributed by atoms with E-state index < -0.39 is 20.9 Å². The number of ether oxygens (including phenoxy) is 1. The molecule has 3 aliphatic rings. The van der Waals surface area contributed by atoms with Gasteiger partial charge in [-0.1, -0.05) is 35.5 Å². The van der Waals surface area contributed by atoms with E-state index in [4.69, 9.17) is 9.26 Å². The molecule has 1 amide bonds. The van der Waals surface area contributed by atoms with Crippen molar-refractivity contribution in [3.63, 3.8) is 0 Å². The molecule has 154 valence electrons. The first-order valence-corrected chi connectivity index (χ1v) is 11.3. The van der Waals surface area contributed by atoms with Gasteiger partial charge in [-0.3, -0.25) is 4.79 Å². The number of aryl methyl sites for hydroxylation is 1. The van der Waals surface area contributed by atoms with Crippen molar-refractivity contribution < 1.29 is 22.5 Å². The molecule has 2 bridgehead atoms. The van der Waals surface area contributed by atoms with E-state index in [0.717, 1.165) is 5.56 Å². The number of benzene rings is 1. The Morgan fingerprint density at radius 1 is 1.28 bits per heavy atom. The SMILES string of the molecule is Cc1cc(C(=O)N2C[C@@H]3C[C@@H]4[C@@](C2)(CN(CCc2ccccc2)S4(=O)=O)O3)no1. The van der Waals surface area contributed by atoms with E-state index >= 15 is 0 Å². The second kappa shape index (κ2) is 6.65. The highest BCUT2D eigenvalue weighted by molar-refractivity contribution is 7.90. The fraction of sp³-hybridized carbons (Fsp3) is 0.500. The predicted molar refractivity (Wildman–Crippen MR) is 104 cm³/mol. The minimum Gasteiger partial charge on any atom is -0.365 e. The molecule has 8 nitrogen and oxygen atoms in total. The highest BCUT2D eigenvalue weighted by Crippen LogP contribution is 2.46. The van der Waals surface area contributed by atoms with Crippen LogP contribution in [-0.4, -0.2) is 71.8 Å². The summed E-state index contributed by atoms with van der Waals surface area (Å²) in [5, 5.41) is 3.21. The summed E-state index contributed by atoms with van der Waals surface area (Å²) in [7, 11) is -3.47. The fourth-order valence-electron chi connectivity index (χ4n) is 4.83. The number of carbonyl (C=O) groups is 1. The fourth-order valence-corrected chi connectivity index (χ4v) is 7.14. The molecule has 1 aromatic heterocycles. The Morgan fingerprint density at radius 3 is 2.79 bits per heavy atom. The van der Waals surface area contributed by atoms with Crippen LogP contribution in [0.3, 0.4) is 0 Å². The van der Waals surface area contributed by atoms with E-state index in [0.29, 0.717) is 31.7 Å². The summed E-state index contributed by atoms with van der Waals surface area (Å²) in [6, 6.07) is 11.4. The first-order valence-electron chi connectivity index (χ1n) is 9.81. The van der Waals surface area contributed by atoms with Crippen molar-refractivity contribution in [2.24, 2.45) is 0 Å². The van der Waals surface area contributed by atoms with Crippen LogP contribution in [0.2, 0.25) is 0 Å². The van der Waals surface area contributed by atoms with E-state index in [2.05, 4.69) is 5.16 Å². The number of nitrogens with zero attached hydrogens (tertiary/aromatic N) is 3. The lowest BCUT2D eigenvalue weighted by Gasteiger charge is -2.39. The highest BCUT2D eigenvalue weighted by atomic mass is 32.2. The average molecular weight is 417 g/mol. The van der Waals surface area contributed by atoms with Crippen molar-refractivity contribution in [2.45, 2.75) is 36.7 Å². The monoisotopic (exact) mass is 417 g/mol. The molecule has 4 heterocycles. The third-order valence-corrected chi connectivity index (χ3v) is 8.51. The molecule has 3 atom stereocenters. The number of hydrogen-bond donors (Lipinski definition) is 0. The number of morpholine rings is 1. The summed E-state index contributed by atoms with van der Waals surface area (Å²) in [6.45, 7) is 3.05. The third kappa shape index (κ3) is 3.08. The maximum absolute atomic E-state index is 13.2. The highest BCUT2D eigenvalue weighted by Gasteiger charge is 2.65. The Hall–Kier alpha value is -2.23. The Labute approximate surface area is 169 Å². The number of fused-ring (bicyclic) bond motifs is 1. The molecule has 5 rings (SSSR count). The van der Waals surface area contributed by atoms with Gasteiger partial charge in [0.1, 0.15) is 16.6 Å². The van der Waals surface area contributed by atoms with Gasteiger partial charge < -0.3 is 14.2 Å². The summed E-state index contributed by atoms with van der Waals surface area (Å²) >= 11 is 0. The molecule has 3 fully saturated rings. The zero-order chi connectivity index (χ0) is 20.2. The van der Waals surface area contributed by atoms with Crippen molar-refractivity contribution in [1.82, 2.24) is 14.4 Å². The van der Waals surface area contributed by atoms with Gasteiger partial charge in [0.2, 0.25) is 10.0 Å². The minimum atomic E-state index is -3.47. The van der Waals surface area contributed by atoms with Crippen molar-refractivity contribution in [3.8, 4) is 0 Å². The van der Waals surface area contributed by atoms with Crippen molar-refractivity contribution in [1.29, 1.82) is 0 Å². The number of hydrogen-bond acceptors (Lipinski definition) is 6. The first-order chi connectivity index (χ1) is 13.9. The van der Waals surface area contributed by atoms with Gasteiger partial charge in [0, 0.05) is 25.7 Å². The van der Waals surface area contributed by atoms with Gasteiger partial charge >= 0.3 is 0 Å². The van der Waals surface area contributed by atoms with E-state index in [9.17, 15) is 13.2 Å². The van der Waals surface area contributed by atoms with Crippen molar-refractivity contribution in [3.05, 3.63) is 53.4 Å². The lowest BCUT2D eigenvalue weighted by Crippen LogP contribution is -2.56. The second-order valence-corrected chi connectivity index (χ2v) is 10.3. The van der Waals surface area contributed by atoms with Crippen LogP contribution in [0.15, 0.2) is 40.9 Å². The Bertz CT molecular complexity index is 1040. The van der Waals surface area contributed by atoms with E-state index in [1.54, 1.807) is 17.9 Å². The molecule has 1 spiro atoms. The minimum absolute atomic E-state index is 0.240. The van der Waals surface area contributed by atoms with Gasteiger partial charge in [0.25, 0.3) is 5.91 Å². The molecular formula is C20H23N3O5S. The predicted octanol–water partition coefficient (Wildman–Crippen LogP) is 1.22. The third-order valence-electron chi connectivity index (χ3n) is 6.14. The molecule has 0 saturated carbocycles. The second-order valence-electron chi connectivity index (χ2n) is 8.15. The molecule has 2 aromatic rings. The van der Waals surface area contributed by atoms with Gasteiger partial charge in [-0.25, -0.2) is 8.42 Å². The molecule has 3 aliphatic heterocycles. The average Bonchev–Trinajstić information content (AvgIpc) is 3.31. The van der Waals surface area contributed by atoms with Gasteiger partial charge in [0.15, 0.2) is 5.69 Å². The molecule has 0 radical (unpaired) electrons. The lowest BCUT2D eigenvalue weighted by atomic mass is 9.99. The van der Waals surface area contributed by atoms with Crippen LogP contribution in [0.5, 0.6) is 0 Å². The topological polar surface area (TPSA) is 93.0 Å². The number of carbonyl (C=O) groups excluding carboxylic acids is 1. The van der Waals surface area contributed by atoms with Crippen molar-refractivity contribution >= 4 is 15.9 Å². The van der Waals surface area contributed by atoms with Crippen LogP contribution in [0.1, 0.15) is 28.2 Å². The summed E-state index contributed by atoms with van der Waals surface area (Å²) < 4.78 is 39.1. The number of likely N-dealkylation sites (tertiary alicyclic amines) is 1. The largest absolute Gasteiger partial charge is 0.365 e. The molecule has 0 aliphatic carbocycles. The van der Waals surface area contributed by atoms with Gasteiger partial charge in [-0.15, -0.1) is 0 Å². The van der Waals surface area contributed by atoms with Crippen LogP contribution in [0.25, 0.3) is 0 Å². The Kier molecular flexibility index (Phi) is 4.30. The Morgan fingerprint density at radius 2 is 2.07 bits per heavy atom. The van der Waals surface area contributed by atoms with E-state index in [-0.39, 0.29) is 30.8 Å². The number of aromatic nitrogens is 1. The van der Waals surface area contributed by atoms with E-state index in [1.165, 1.54) is 4.31 Å².